The van der Waals surface area contributed by atoms with E-state index in [1.807, 2.05) is 42.5 Å². The van der Waals surface area contributed by atoms with Gasteiger partial charge in [0.25, 0.3) is 0 Å². The van der Waals surface area contributed by atoms with Crippen LogP contribution in [-0.4, -0.2) is 43.4 Å². The van der Waals surface area contributed by atoms with Gasteiger partial charge in [0.1, 0.15) is 0 Å². The number of nitrogens with zero attached hydrogens (tertiary/aromatic N) is 2. The van der Waals surface area contributed by atoms with Gasteiger partial charge in [0.15, 0.2) is 5.96 Å². The van der Waals surface area contributed by atoms with Crippen LogP contribution in [0.4, 0.5) is 0 Å². The Labute approximate surface area is 142 Å². The van der Waals surface area contributed by atoms with Crippen LogP contribution in [0.3, 0.4) is 0 Å². The zero-order valence-electron chi connectivity index (χ0n) is 14.1. The third kappa shape index (κ3) is 5.24. The summed E-state index contributed by atoms with van der Waals surface area (Å²) in [4.78, 5) is 8.38. The maximum atomic E-state index is 9.60. The molecule has 1 aromatic carbocycles. The molecule has 0 aliphatic rings. The fourth-order valence-electron chi connectivity index (χ4n) is 2.28. The van der Waals surface area contributed by atoms with Gasteiger partial charge in [0, 0.05) is 38.3 Å². The number of hydrogen-bond donors (Lipinski definition) is 3. The number of aromatic nitrogens is 1. The van der Waals surface area contributed by atoms with E-state index < -0.39 is 0 Å². The second-order valence-electron chi connectivity index (χ2n) is 5.31. The number of pyridine rings is 1. The lowest BCUT2D eigenvalue weighted by atomic mass is 10.0. The molecule has 0 amide bonds. The molecular weight excluding hydrogens is 304 g/mol. The van der Waals surface area contributed by atoms with Gasteiger partial charge in [-0.25, -0.2) is 4.98 Å². The maximum Gasteiger partial charge on any atom is 0.212 e. The average molecular weight is 328 g/mol. The molecule has 1 aromatic heterocycles. The predicted octanol–water partition coefficient (Wildman–Crippen LogP) is 1.53. The van der Waals surface area contributed by atoms with Crippen molar-refractivity contribution >= 4 is 5.96 Å². The lowest BCUT2D eigenvalue weighted by Crippen LogP contribution is -2.39. The average Bonchev–Trinajstić information content (AvgIpc) is 2.66. The Morgan fingerprint density at radius 3 is 2.58 bits per heavy atom. The van der Waals surface area contributed by atoms with Crippen molar-refractivity contribution in [3.8, 4) is 5.88 Å². The molecule has 0 bridgehead atoms. The molecular formula is C18H24N4O2. The molecule has 6 nitrogen and oxygen atoms in total. The number of benzene rings is 1. The van der Waals surface area contributed by atoms with Gasteiger partial charge >= 0.3 is 0 Å². The van der Waals surface area contributed by atoms with Gasteiger partial charge in [0.05, 0.1) is 13.7 Å². The number of methoxy groups -OCH3 is 1. The summed E-state index contributed by atoms with van der Waals surface area (Å²) in [6.45, 7) is 1.28. The van der Waals surface area contributed by atoms with E-state index in [9.17, 15) is 5.11 Å². The number of hydrogen-bond acceptors (Lipinski definition) is 4. The molecule has 1 unspecified atom stereocenters. The maximum absolute atomic E-state index is 9.60. The zero-order chi connectivity index (χ0) is 17.2. The highest BCUT2D eigenvalue weighted by molar-refractivity contribution is 5.79. The van der Waals surface area contributed by atoms with Crippen LogP contribution >= 0.6 is 0 Å². The summed E-state index contributed by atoms with van der Waals surface area (Å²) in [5, 5.41) is 16.1. The topological polar surface area (TPSA) is 78.8 Å². The van der Waals surface area contributed by atoms with Gasteiger partial charge in [0.2, 0.25) is 5.88 Å². The molecule has 0 saturated heterocycles. The number of aliphatic hydroxyl groups excluding tert-OH is 1. The Morgan fingerprint density at radius 2 is 2.00 bits per heavy atom. The number of guanidine groups is 1. The summed E-state index contributed by atoms with van der Waals surface area (Å²) in [5.74, 6) is 1.29. The van der Waals surface area contributed by atoms with Crippen molar-refractivity contribution in [2.45, 2.75) is 12.5 Å². The third-order valence-corrected chi connectivity index (χ3v) is 3.70. The molecule has 0 saturated carbocycles. The van der Waals surface area contributed by atoms with Crippen molar-refractivity contribution in [1.29, 1.82) is 0 Å². The van der Waals surface area contributed by atoms with E-state index in [0.717, 1.165) is 11.1 Å². The largest absolute Gasteiger partial charge is 0.481 e. The second kappa shape index (κ2) is 9.52. The van der Waals surface area contributed by atoms with E-state index >= 15 is 0 Å². The Kier molecular flexibility index (Phi) is 7.04. The first kappa shape index (κ1) is 17.7. The first-order valence-corrected chi connectivity index (χ1v) is 7.86. The molecule has 1 heterocycles. The van der Waals surface area contributed by atoms with Gasteiger partial charge in [-0.2, -0.15) is 0 Å². The molecule has 2 aromatic rings. The molecule has 0 aliphatic heterocycles. The van der Waals surface area contributed by atoms with Crippen LogP contribution in [0.25, 0.3) is 0 Å². The van der Waals surface area contributed by atoms with Crippen LogP contribution in [0, 0.1) is 0 Å². The van der Waals surface area contributed by atoms with Crippen molar-refractivity contribution in [1.82, 2.24) is 15.6 Å². The highest BCUT2D eigenvalue weighted by Crippen LogP contribution is 2.13. The first-order chi connectivity index (χ1) is 11.8. The van der Waals surface area contributed by atoms with Crippen molar-refractivity contribution in [2.75, 3.05) is 27.3 Å². The monoisotopic (exact) mass is 328 g/mol. The summed E-state index contributed by atoms with van der Waals surface area (Å²) in [6, 6.07) is 13.7. The van der Waals surface area contributed by atoms with E-state index in [1.54, 1.807) is 20.4 Å². The Morgan fingerprint density at radius 1 is 1.21 bits per heavy atom. The van der Waals surface area contributed by atoms with Gasteiger partial charge < -0.3 is 20.5 Å². The predicted molar refractivity (Wildman–Crippen MR) is 95.3 cm³/mol. The Balaban J connectivity index is 1.85. The lowest BCUT2D eigenvalue weighted by Gasteiger charge is -2.18. The third-order valence-electron chi connectivity index (χ3n) is 3.70. The van der Waals surface area contributed by atoms with Crippen LogP contribution in [0.1, 0.15) is 17.0 Å². The van der Waals surface area contributed by atoms with Gasteiger partial charge in [-0.1, -0.05) is 36.4 Å². The quantitative estimate of drug-likeness (QED) is 0.531. The van der Waals surface area contributed by atoms with Gasteiger partial charge in [-0.15, -0.1) is 0 Å². The number of rotatable bonds is 7. The summed E-state index contributed by atoms with van der Waals surface area (Å²) < 4.78 is 5.04. The number of aliphatic hydroxyl groups is 1. The van der Waals surface area contributed by atoms with E-state index in [1.165, 1.54) is 0 Å². The fraction of sp³-hybridized carbons (Fsp3) is 0.333. The molecule has 6 heteroatoms. The number of ether oxygens (including phenoxy) is 1. The SMILES string of the molecule is CN=C(NCc1ccc(OC)nc1)NCC(CO)c1ccccc1. The minimum Gasteiger partial charge on any atom is -0.481 e. The minimum absolute atomic E-state index is 0.0207. The van der Waals surface area contributed by atoms with Crippen molar-refractivity contribution in [2.24, 2.45) is 4.99 Å². The van der Waals surface area contributed by atoms with Crippen LogP contribution in [0.2, 0.25) is 0 Å². The normalized spacial score (nSPS) is 12.5. The van der Waals surface area contributed by atoms with Gasteiger partial charge in [-0.05, 0) is 11.1 Å². The zero-order valence-corrected chi connectivity index (χ0v) is 14.1. The summed E-state index contributed by atoms with van der Waals surface area (Å²) in [5.41, 5.74) is 2.13. The first-order valence-electron chi connectivity index (χ1n) is 7.86. The van der Waals surface area contributed by atoms with Crippen LogP contribution in [0.15, 0.2) is 53.7 Å². The van der Waals surface area contributed by atoms with Crippen molar-refractivity contribution in [3.05, 3.63) is 59.8 Å². The van der Waals surface area contributed by atoms with E-state index in [2.05, 4.69) is 20.6 Å². The van der Waals surface area contributed by atoms with Gasteiger partial charge in [-0.3, -0.25) is 4.99 Å². The van der Waals surface area contributed by atoms with E-state index in [4.69, 9.17) is 4.74 Å². The molecule has 0 aliphatic carbocycles. The van der Waals surface area contributed by atoms with E-state index in [0.29, 0.717) is 24.9 Å². The molecule has 0 fully saturated rings. The fourth-order valence-corrected chi connectivity index (χ4v) is 2.28. The standard InChI is InChI=1S/C18H24N4O2/c1-19-18(21-11-14-8-9-17(24-2)20-10-14)22-12-16(13-23)15-6-4-3-5-7-15/h3-10,16,23H,11-13H2,1-2H3,(H2,19,21,22). The highest BCUT2D eigenvalue weighted by Gasteiger charge is 2.10. The van der Waals surface area contributed by atoms with Crippen LogP contribution in [0.5, 0.6) is 5.88 Å². The molecule has 0 spiro atoms. The van der Waals surface area contributed by atoms with Crippen molar-refractivity contribution in [3.63, 3.8) is 0 Å². The molecule has 2 rings (SSSR count). The Hall–Kier alpha value is -2.60. The molecule has 3 N–H and O–H groups in total. The molecule has 1 atom stereocenters. The molecule has 24 heavy (non-hydrogen) atoms. The smallest absolute Gasteiger partial charge is 0.212 e. The van der Waals surface area contributed by atoms with E-state index in [-0.39, 0.29) is 12.5 Å². The molecule has 0 radical (unpaired) electrons. The highest BCUT2D eigenvalue weighted by atomic mass is 16.5. The Bertz CT molecular complexity index is 629. The summed E-state index contributed by atoms with van der Waals surface area (Å²) >= 11 is 0. The summed E-state index contributed by atoms with van der Waals surface area (Å²) in [7, 11) is 3.31. The number of nitrogens with one attached hydrogen (secondary N) is 2. The van der Waals surface area contributed by atoms with Crippen LogP contribution < -0.4 is 15.4 Å². The lowest BCUT2D eigenvalue weighted by molar-refractivity contribution is 0.265. The minimum atomic E-state index is 0.0207. The number of aliphatic imine (C=N–C) groups is 1. The second-order valence-corrected chi connectivity index (χ2v) is 5.31. The summed E-state index contributed by atoms with van der Waals surface area (Å²) in [6.07, 6.45) is 1.76. The van der Waals surface area contributed by atoms with Crippen molar-refractivity contribution < 1.29 is 9.84 Å². The van der Waals surface area contributed by atoms with Crippen LogP contribution in [-0.2, 0) is 6.54 Å². The molecule has 128 valence electrons.